The van der Waals surface area contributed by atoms with E-state index >= 15 is 0 Å². The van der Waals surface area contributed by atoms with Crippen molar-refractivity contribution in [1.29, 1.82) is 0 Å². The van der Waals surface area contributed by atoms with Crippen LogP contribution in [-0.2, 0) is 14.3 Å². The van der Waals surface area contributed by atoms with Crippen LogP contribution >= 0.6 is 35.0 Å². The Hall–Kier alpha value is -1.70. The normalized spacial score (nSPS) is 16.1. The van der Waals surface area contributed by atoms with E-state index < -0.39 is 23.7 Å². The molecule has 9 heteroatoms. The maximum absolute atomic E-state index is 12.4. The van der Waals surface area contributed by atoms with Gasteiger partial charge in [0.25, 0.3) is 11.1 Å². The second-order valence-corrected chi connectivity index (χ2v) is 7.13. The zero-order valence-corrected chi connectivity index (χ0v) is 16.0. The summed E-state index contributed by atoms with van der Waals surface area (Å²) in [7, 11) is 1.44. The highest BCUT2D eigenvalue weighted by Gasteiger charge is 2.36. The minimum absolute atomic E-state index is 0.166. The molecule has 0 N–H and O–H groups in total. The van der Waals surface area contributed by atoms with Gasteiger partial charge in [-0.1, -0.05) is 23.2 Å². The van der Waals surface area contributed by atoms with Gasteiger partial charge in [-0.25, -0.2) is 0 Å². The topological polar surface area (TPSA) is 72.9 Å². The van der Waals surface area contributed by atoms with Crippen molar-refractivity contribution in [3.8, 4) is 5.75 Å². The first-order valence-corrected chi connectivity index (χ1v) is 8.78. The lowest BCUT2D eigenvalue weighted by Gasteiger charge is -2.13. The molecule has 0 aliphatic carbocycles. The van der Waals surface area contributed by atoms with Gasteiger partial charge in [-0.3, -0.25) is 19.3 Å². The third-order valence-electron chi connectivity index (χ3n) is 3.05. The zero-order valence-electron chi connectivity index (χ0n) is 13.7. The van der Waals surface area contributed by atoms with Crippen molar-refractivity contribution >= 4 is 58.2 Å². The van der Waals surface area contributed by atoms with Crippen LogP contribution in [0.1, 0.15) is 19.4 Å². The molecule has 1 aromatic rings. The number of rotatable bonds is 5. The third-order valence-corrected chi connectivity index (χ3v) is 4.52. The smallest absolute Gasteiger partial charge is 0.326 e. The standard InChI is InChI=1S/C16H15Cl2NO5S/c1-8(2)24-13(20)7-19-15(21)12(25-16(19)22)6-9-4-10(17)14(23-3)11(18)5-9/h4-6,8H,7H2,1-3H3/b12-6+. The van der Waals surface area contributed by atoms with Gasteiger partial charge in [-0.05, 0) is 49.4 Å². The van der Waals surface area contributed by atoms with Crippen molar-refractivity contribution in [1.82, 2.24) is 4.90 Å². The number of nitrogens with zero attached hydrogens (tertiary/aromatic N) is 1. The van der Waals surface area contributed by atoms with Crippen LogP contribution in [0.4, 0.5) is 4.79 Å². The second kappa shape index (κ2) is 8.12. The van der Waals surface area contributed by atoms with E-state index in [4.69, 9.17) is 32.7 Å². The van der Waals surface area contributed by atoms with Gasteiger partial charge in [-0.15, -0.1) is 0 Å². The Bertz CT molecular complexity index is 740. The molecular weight excluding hydrogens is 389 g/mol. The number of benzene rings is 1. The number of thioether (sulfide) groups is 1. The van der Waals surface area contributed by atoms with Gasteiger partial charge in [0.1, 0.15) is 6.54 Å². The first-order valence-electron chi connectivity index (χ1n) is 7.20. The van der Waals surface area contributed by atoms with Crippen LogP contribution in [0.3, 0.4) is 0 Å². The molecule has 25 heavy (non-hydrogen) atoms. The SMILES string of the molecule is COc1c(Cl)cc(/C=C2/SC(=O)N(CC(=O)OC(C)C)C2=O)cc1Cl. The molecule has 0 spiro atoms. The highest BCUT2D eigenvalue weighted by Crippen LogP contribution is 2.37. The van der Waals surface area contributed by atoms with Gasteiger partial charge < -0.3 is 9.47 Å². The fourth-order valence-corrected chi connectivity index (χ4v) is 3.57. The fourth-order valence-electron chi connectivity index (χ4n) is 2.07. The first-order chi connectivity index (χ1) is 11.7. The van der Waals surface area contributed by atoms with E-state index in [2.05, 4.69) is 0 Å². The van der Waals surface area contributed by atoms with Crippen LogP contribution in [0.15, 0.2) is 17.0 Å². The number of ether oxygens (including phenoxy) is 2. The van der Waals surface area contributed by atoms with Crippen molar-refractivity contribution in [3.05, 3.63) is 32.6 Å². The molecular formula is C16H15Cl2NO5S. The van der Waals surface area contributed by atoms with E-state index in [-0.39, 0.29) is 21.1 Å². The largest absolute Gasteiger partial charge is 0.494 e. The molecule has 1 fully saturated rings. The number of carbonyl (C=O) groups is 3. The van der Waals surface area contributed by atoms with Crippen molar-refractivity contribution < 1.29 is 23.9 Å². The second-order valence-electron chi connectivity index (χ2n) is 5.32. The number of methoxy groups -OCH3 is 1. The van der Waals surface area contributed by atoms with E-state index in [0.29, 0.717) is 11.3 Å². The molecule has 1 aliphatic rings. The zero-order chi connectivity index (χ0) is 18.7. The summed E-state index contributed by atoms with van der Waals surface area (Å²) in [5.74, 6) is -0.891. The van der Waals surface area contributed by atoms with Crippen LogP contribution in [-0.4, -0.2) is 41.8 Å². The van der Waals surface area contributed by atoms with Crippen LogP contribution in [0.5, 0.6) is 5.75 Å². The Kier molecular flexibility index (Phi) is 6.37. The lowest BCUT2D eigenvalue weighted by molar-refractivity contribution is -0.149. The summed E-state index contributed by atoms with van der Waals surface area (Å²) in [5.41, 5.74) is 0.533. The van der Waals surface area contributed by atoms with Crippen LogP contribution in [0.2, 0.25) is 10.0 Å². The first kappa shape index (κ1) is 19.6. The van der Waals surface area contributed by atoms with E-state index in [1.165, 1.54) is 13.2 Å². The number of hydrogen-bond donors (Lipinski definition) is 0. The van der Waals surface area contributed by atoms with Crippen molar-refractivity contribution in [3.63, 3.8) is 0 Å². The average molecular weight is 404 g/mol. The van der Waals surface area contributed by atoms with Gasteiger partial charge in [-0.2, -0.15) is 0 Å². The van der Waals surface area contributed by atoms with Crippen molar-refractivity contribution in [2.24, 2.45) is 0 Å². The van der Waals surface area contributed by atoms with Gasteiger partial charge in [0.2, 0.25) is 0 Å². The van der Waals surface area contributed by atoms with Crippen LogP contribution < -0.4 is 4.74 Å². The molecule has 6 nitrogen and oxygen atoms in total. The number of amides is 2. The van der Waals surface area contributed by atoms with Crippen LogP contribution in [0, 0.1) is 0 Å². The molecule has 0 aromatic heterocycles. The van der Waals surface area contributed by atoms with E-state index in [1.807, 2.05) is 0 Å². The highest BCUT2D eigenvalue weighted by atomic mass is 35.5. The summed E-state index contributed by atoms with van der Waals surface area (Å²) < 4.78 is 10.0. The van der Waals surface area contributed by atoms with Gasteiger partial charge in [0.15, 0.2) is 5.75 Å². The van der Waals surface area contributed by atoms with Gasteiger partial charge in [0, 0.05) is 0 Å². The minimum Gasteiger partial charge on any atom is -0.494 e. The minimum atomic E-state index is -0.644. The summed E-state index contributed by atoms with van der Waals surface area (Å²) in [6.07, 6.45) is 1.15. The Morgan fingerprint density at radius 1 is 1.28 bits per heavy atom. The molecule has 0 bridgehead atoms. The number of carbonyl (C=O) groups excluding carboxylic acids is 3. The molecule has 1 heterocycles. The number of imide groups is 1. The molecule has 2 amide bonds. The summed E-state index contributed by atoms with van der Waals surface area (Å²) in [4.78, 5) is 37.0. The van der Waals surface area contributed by atoms with Gasteiger partial charge in [0.05, 0.1) is 28.2 Å². The number of hydrogen-bond acceptors (Lipinski definition) is 6. The molecule has 2 rings (SSSR count). The monoisotopic (exact) mass is 403 g/mol. The third kappa shape index (κ3) is 4.68. The number of esters is 1. The van der Waals surface area contributed by atoms with Gasteiger partial charge >= 0.3 is 5.97 Å². The molecule has 134 valence electrons. The average Bonchev–Trinajstić information content (AvgIpc) is 2.74. The molecule has 1 saturated heterocycles. The lowest BCUT2D eigenvalue weighted by Crippen LogP contribution is -2.35. The lowest BCUT2D eigenvalue weighted by atomic mass is 10.2. The molecule has 0 unspecified atom stereocenters. The summed E-state index contributed by atoms with van der Waals surface area (Å²) >= 11 is 12.9. The van der Waals surface area contributed by atoms with E-state index in [9.17, 15) is 14.4 Å². The quantitative estimate of drug-likeness (QED) is 0.546. The number of halogens is 2. The Morgan fingerprint density at radius 2 is 1.88 bits per heavy atom. The van der Waals surface area contributed by atoms with Crippen molar-refractivity contribution in [2.45, 2.75) is 20.0 Å². The summed E-state index contributed by atoms with van der Waals surface area (Å²) in [5, 5.41) is 0.0182. The van der Waals surface area contributed by atoms with E-state index in [0.717, 1.165) is 16.7 Å². The molecule has 0 saturated carbocycles. The molecule has 1 aromatic carbocycles. The predicted molar refractivity (Wildman–Crippen MR) is 96.9 cm³/mol. The maximum atomic E-state index is 12.4. The van der Waals surface area contributed by atoms with Crippen molar-refractivity contribution in [2.75, 3.05) is 13.7 Å². The maximum Gasteiger partial charge on any atom is 0.326 e. The molecule has 1 aliphatic heterocycles. The van der Waals surface area contributed by atoms with Crippen LogP contribution in [0.25, 0.3) is 6.08 Å². The predicted octanol–water partition coefficient (Wildman–Crippen LogP) is 3.99. The summed E-state index contributed by atoms with van der Waals surface area (Å²) in [6.45, 7) is 2.94. The molecule has 0 radical (unpaired) electrons. The Morgan fingerprint density at radius 3 is 2.40 bits per heavy atom. The molecule has 0 atom stereocenters. The Balaban J connectivity index is 2.21. The Labute approximate surface area is 159 Å². The highest BCUT2D eigenvalue weighted by molar-refractivity contribution is 8.18. The van der Waals surface area contributed by atoms with E-state index in [1.54, 1.807) is 26.0 Å². The summed E-state index contributed by atoms with van der Waals surface area (Å²) in [6, 6.07) is 3.13. The fraction of sp³-hybridized carbons (Fsp3) is 0.312.